The molecule has 0 saturated heterocycles. The van der Waals surface area contributed by atoms with Crippen molar-refractivity contribution in [2.75, 3.05) is 15.4 Å². The quantitative estimate of drug-likeness (QED) is 0.653. The summed E-state index contributed by atoms with van der Waals surface area (Å²) in [5.41, 5.74) is 0.849. The van der Waals surface area contributed by atoms with E-state index in [2.05, 4.69) is 25.6 Å². The van der Waals surface area contributed by atoms with Crippen molar-refractivity contribution in [1.82, 2.24) is 10.2 Å². The molecule has 2 amide bonds. The van der Waals surface area contributed by atoms with Gasteiger partial charge in [0.15, 0.2) is 0 Å². The summed E-state index contributed by atoms with van der Waals surface area (Å²) in [6.07, 6.45) is 0. The number of rotatable bonds is 6. The fourth-order valence-corrected chi connectivity index (χ4v) is 3.61. The average molecular weight is 383 g/mol. The molecule has 0 unspecified atom stereocenters. The SMILES string of the molecule is CC(=O)Nc1ccc(NS(=O)(=O)c2nnc(NC(=O)C(C)C)s2)cc1. The summed E-state index contributed by atoms with van der Waals surface area (Å²) in [6, 6.07) is 6.14. The van der Waals surface area contributed by atoms with Crippen LogP contribution in [0.3, 0.4) is 0 Å². The van der Waals surface area contributed by atoms with Crippen LogP contribution in [0.4, 0.5) is 16.5 Å². The number of sulfonamides is 1. The van der Waals surface area contributed by atoms with Gasteiger partial charge in [0, 0.05) is 24.2 Å². The lowest BCUT2D eigenvalue weighted by molar-refractivity contribution is -0.119. The maximum absolute atomic E-state index is 12.3. The number of nitrogens with one attached hydrogen (secondary N) is 3. The summed E-state index contributed by atoms with van der Waals surface area (Å²) in [4.78, 5) is 22.6. The molecule has 2 aromatic rings. The summed E-state index contributed by atoms with van der Waals surface area (Å²) >= 11 is 0.755. The zero-order valence-electron chi connectivity index (χ0n) is 13.7. The Kier molecular flexibility index (Phi) is 5.69. The number of amides is 2. The van der Waals surface area contributed by atoms with Crippen molar-refractivity contribution in [3.05, 3.63) is 24.3 Å². The molecule has 11 heteroatoms. The van der Waals surface area contributed by atoms with Crippen LogP contribution in [0.15, 0.2) is 28.6 Å². The van der Waals surface area contributed by atoms with E-state index in [1.165, 1.54) is 19.1 Å². The zero-order valence-corrected chi connectivity index (χ0v) is 15.4. The smallest absolute Gasteiger partial charge is 0.291 e. The van der Waals surface area contributed by atoms with Gasteiger partial charge in [-0.2, -0.15) is 8.42 Å². The number of aromatic nitrogens is 2. The van der Waals surface area contributed by atoms with Crippen molar-refractivity contribution in [2.24, 2.45) is 5.92 Å². The summed E-state index contributed by atoms with van der Waals surface area (Å²) in [5.74, 6) is -0.760. The molecule has 0 saturated carbocycles. The highest BCUT2D eigenvalue weighted by Crippen LogP contribution is 2.23. The lowest BCUT2D eigenvalue weighted by Gasteiger charge is -2.06. The van der Waals surface area contributed by atoms with Crippen LogP contribution in [0, 0.1) is 5.92 Å². The Morgan fingerprint density at radius 1 is 1.04 bits per heavy atom. The predicted molar refractivity (Wildman–Crippen MR) is 94.9 cm³/mol. The summed E-state index contributed by atoms with van der Waals surface area (Å²) in [5, 5.41) is 12.5. The Morgan fingerprint density at radius 3 is 2.20 bits per heavy atom. The minimum atomic E-state index is -3.93. The summed E-state index contributed by atoms with van der Waals surface area (Å²) in [6.45, 7) is 4.79. The van der Waals surface area contributed by atoms with Gasteiger partial charge in [-0.1, -0.05) is 25.2 Å². The van der Waals surface area contributed by atoms with E-state index in [-0.39, 0.29) is 27.2 Å². The van der Waals surface area contributed by atoms with Crippen LogP contribution in [0.25, 0.3) is 0 Å². The van der Waals surface area contributed by atoms with E-state index in [1.807, 2.05) is 0 Å². The highest BCUT2D eigenvalue weighted by molar-refractivity contribution is 7.94. The van der Waals surface area contributed by atoms with Crippen molar-refractivity contribution in [1.29, 1.82) is 0 Å². The molecule has 0 aliphatic rings. The van der Waals surface area contributed by atoms with E-state index in [0.717, 1.165) is 11.3 Å². The number of nitrogens with zero attached hydrogens (tertiary/aromatic N) is 2. The number of carbonyl (C=O) groups excluding carboxylic acids is 2. The van der Waals surface area contributed by atoms with Crippen molar-refractivity contribution in [2.45, 2.75) is 25.1 Å². The van der Waals surface area contributed by atoms with Crippen molar-refractivity contribution in [3.8, 4) is 0 Å². The van der Waals surface area contributed by atoms with Crippen LogP contribution in [0.5, 0.6) is 0 Å². The van der Waals surface area contributed by atoms with Gasteiger partial charge in [0.05, 0.1) is 0 Å². The third-order valence-electron chi connectivity index (χ3n) is 2.85. The van der Waals surface area contributed by atoms with Crippen LogP contribution in [-0.2, 0) is 19.6 Å². The number of hydrogen-bond donors (Lipinski definition) is 3. The molecule has 0 aliphatic heterocycles. The van der Waals surface area contributed by atoms with E-state index in [9.17, 15) is 18.0 Å². The van der Waals surface area contributed by atoms with Crippen LogP contribution < -0.4 is 15.4 Å². The molecule has 1 heterocycles. The molecule has 0 radical (unpaired) electrons. The highest BCUT2D eigenvalue weighted by atomic mass is 32.2. The van der Waals surface area contributed by atoms with Gasteiger partial charge in [0.2, 0.25) is 16.9 Å². The molecule has 0 spiro atoms. The van der Waals surface area contributed by atoms with Crippen molar-refractivity contribution < 1.29 is 18.0 Å². The molecule has 0 atom stereocenters. The first-order chi connectivity index (χ1) is 11.7. The molecule has 2 rings (SSSR count). The van der Waals surface area contributed by atoms with E-state index in [4.69, 9.17) is 0 Å². The first kappa shape index (κ1) is 18.8. The largest absolute Gasteiger partial charge is 0.326 e. The fourth-order valence-electron chi connectivity index (χ4n) is 1.64. The molecule has 1 aromatic heterocycles. The first-order valence-corrected chi connectivity index (χ1v) is 9.52. The molecule has 0 fully saturated rings. The Hall–Kier alpha value is -2.53. The van der Waals surface area contributed by atoms with Gasteiger partial charge < -0.3 is 10.6 Å². The molecule has 134 valence electrons. The first-order valence-electron chi connectivity index (χ1n) is 7.22. The second-order valence-corrected chi connectivity index (χ2v) is 8.21. The number of carbonyl (C=O) groups is 2. The maximum Gasteiger partial charge on any atom is 0.291 e. The topological polar surface area (TPSA) is 130 Å². The van der Waals surface area contributed by atoms with Gasteiger partial charge in [-0.3, -0.25) is 14.3 Å². The van der Waals surface area contributed by atoms with E-state index >= 15 is 0 Å². The molecule has 3 N–H and O–H groups in total. The van der Waals surface area contributed by atoms with Gasteiger partial charge >= 0.3 is 0 Å². The molecule has 0 bridgehead atoms. The van der Waals surface area contributed by atoms with Crippen molar-refractivity contribution in [3.63, 3.8) is 0 Å². The number of hydrogen-bond acceptors (Lipinski definition) is 7. The molecule has 9 nitrogen and oxygen atoms in total. The van der Waals surface area contributed by atoms with Crippen LogP contribution in [0.1, 0.15) is 20.8 Å². The van der Waals surface area contributed by atoms with E-state index in [1.54, 1.807) is 26.0 Å². The normalized spacial score (nSPS) is 11.2. The van der Waals surface area contributed by atoms with Crippen LogP contribution >= 0.6 is 11.3 Å². The minimum Gasteiger partial charge on any atom is -0.326 e. The second-order valence-electron chi connectivity index (χ2n) is 5.38. The molecule has 25 heavy (non-hydrogen) atoms. The van der Waals surface area contributed by atoms with Crippen molar-refractivity contribution >= 4 is 49.7 Å². The lowest BCUT2D eigenvalue weighted by atomic mass is 10.2. The number of benzene rings is 1. The average Bonchev–Trinajstić information content (AvgIpc) is 2.98. The maximum atomic E-state index is 12.3. The van der Waals surface area contributed by atoms with Crippen LogP contribution in [0.2, 0.25) is 0 Å². The lowest BCUT2D eigenvalue weighted by Crippen LogP contribution is -2.17. The van der Waals surface area contributed by atoms with Gasteiger partial charge in [0.1, 0.15) is 0 Å². The highest BCUT2D eigenvalue weighted by Gasteiger charge is 2.21. The molecular formula is C14H17N5O4S2. The Balaban J connectivity index is 2.10. The third-order valence-corrected chi connectivity index (χ3v) is 5.44. The Morgan fingerprint density at radius 2 is 1.64 bits per heavy atom. The molecular weight excluding hydrogens is 366 g/mol. The van der Waals surface area contributed by atoms with Gasteiger partial charge in [-0.25, -0.2) is 0 Å². The number of anilines is 3. The Labute approximate surface area is 148 Å². The molecule has 0 aliphatic carbocycles. The van der Waals surface area contributed by atoms with Gasteiger partial charge in [0.25, 0.3) is 14.4 Å². The predicted octanol–water partition coefficient (Wildman–Crippen LogP) is 1.89. The van der Waals surface area contributed by atoms with E-state index < -0.39 is 10.0 Å². The van der Waals surface area contributed by atoms with E-state index in [0.29, 0.717) is 11.4 Å². The zero-order chi connectivity index (χ0) is 18.6. The van der Waals surface area contributed by atoms with Gasteiger partial charge in [-0.15, -0.1) is 10.2 Å². The molecule has 1 aromatic carbocycles. The fraction of sp³-hybridized carbons (Fsp3) is 0.286. The van der Waals surface area contributed by atoms with Gasteiger partial charge in [-0.05, 0) is 24.3 Å². The minimum absolute atomic E-state index is 0.111. The summed E-state index contributed by atoms with van der Waals surface area (Å²) in [7, 11) is -3.93. The second kappa shape index (κ2) is 7.57. The third kappa shape index (κ3) is 5.22. The monoisotopic (exact) mass is 383 g/mol. The standard InChI is InChI=1S/C14H17N5O4S2/c1-8(2)12(21)16-13-17-18-14(24-13)25(22,23)19-11-6-4-10(5-7-11)15-9(3)20/h4-8,19H,1-3H3,(H,15,20)(H,16,17,21). The summed E-state index contributed by atoms with van der Waals surface area (Å²) < 4.78 is 26.7. The van der Waals surface area contributed by atoms with Crippen LogP contribution in [-0.4, -0.2) is 30.4 Å². The Bertz CT molecular complexity index is 875.